The van der Waals surface area contributed by atoms with Gasteiger partial charge in [0.05, 0.1) is 18.0 Å². The Morgan fingerprint density at radius 3 is 1.87 bits per heavy atom. The topological polar surface area (TPSA) is 61.3 Å². The summed E-state index contributed by atoms with van der Waals surface area (Å²) in [6, 6.07) is 0. The molecule has 0 spiro atoms. The second-order valence-electron chi connectivity index (χ2n) is 3.12. The van der Waals surface area contributed by atoms with Crippen LogP contribution < -0.4 is 16.2 Å². The van der Waals surface area contributed by atoms with Crippen LogP contribution >= 0.6 is 25.3 Å². The second-order valence-corrected chi connectivity index (χ2v) is 4.01. The van der Waals surface area contributed by atoms with Crippen LogP contribution in [0.15, 0.2) is 9.79 Å². The van der Waals surface area contributed by atoms with Crippen molar-refractivity contribution in [1.29, 1.82) is 0 Å². The lowest BCUT2D eigenvalue weighted by molar-refractivity contribution is 0.342. The van der Waals surface area contributed by atoms with Gasteiger partial charge in [-0.25, -0.2) is 0 Å². The lowest BCUT2D eigenvalue weighted by Crippen LogP contribution is -2.05. The van der Waals surface area contributed by atoms with Crippen LogP contribution in [-0.4, -0.2) is 6.61 Å². The molecule has 15 heavy (non-hydrogen) atoms. The van der Waals surface area contributed by atoms with Crippen LogP contribution in [0.3, 0.4) is 0 Å². The number of rotatable bonds is 3. The Hall–Kier alpha value is -0.680. The van der Waals surface area contributed by atoms with Gasteiger partial charge in [0.15, 0.2) is 5.75 Å². The van der Waals surface area contributed by atoms with Crippen molar-refractivity contribution < 1.29 is 4.74 Å². The molecule has 3 nitrogen and oxygen atoms in total. The molecule has 4 N–H and O–H groups in total. The molecule has 0 radical (unpaired) electrons. The smallest absolute Gasteiger partial charge is 0.167 e. The zero-order chi connectivity index (χ0) is 11.6. The van der Waals surface area contributed by atoms with Gasteiger partial charge in [-0.15, -0.1) is 25.3 Å². The molecule has 0 aliphatic rings. The summed E-state index contributed by atoms with van der Waals surface area (Å²) in [5.74, 6) is 0.490. The molecular weight excluding hydrogens is 228 g/mol. The van der Waals surface area contributed by atoms with E-state index < -0.39 is 0 Å². The van der Waals surface area contributed by atoms with E-state index in [1.165, 1.54) is 0 Å². The fraction of sp³-hybridized carbons (Fsp3) is 0.400. The van der Waals surface area contributed by atoms with E-state index in [4.69, 9.17) is 16.2 Å². The average molecular weight is 244 g/mol. The highest BCUT2D eigenvalue weighted by atomic mass is 32.1. The predicted octanol–water partition coefficient (Wildman–Crippen LogP) is 2.39. The molecule has 1 aromatic rings. The largest absolute Gasteiger partial charge is 0.489 e. The summed E-state index contributed by atoms with van der Waals surface area (Å²) in [5, 5.41) is 0. The van der Waals surface area contributed by atoms with Gasteiger partial charge in [0.25, 0.3) is 0 Å². The van der Waals surface area contributed by atoms with E-state index >= 15 is 0 Å². The third-order valence-corrected chi connectivity index (χ3v) is 3.24. The summed E-state index contributed by atoms with van der Waals surface area (Å²) in [6.45, 7) is 4.40. The lowest BCUT2D eigenvalue weighted by Gasteiger charge is -2.17. The van der Waals surface area contributed by atoms with Crippen molar-refractivity contribution >= 4 is 36.6 Å². The fourth-order valence-electron chi connectivity index (χ4n) is 1.43. The van der Waals surface area contributed by atoms with Crippen LogP contribution in [0, 0.1) is 0 Å². The van der Waals surface area contributed by atoms with E-state index in [1.54, 1.807) is 0 Å². The number of hydrogen-bond donors (Lipinski definition) is 4. The molecule has 0 unspecified atom stereocenters. The number of thiol groups is 2. The first-order valence-corrected chi connectivity index (χ1v) is 5.68. The number of ether oxygens (including phenoxy) is 1. The Morgan fingerprint density at radius 1 is 1.07 bits per heavy atom. The molecule has 0 amide bonds. The highest BCUT2D eigenvalue weighted by molar-refractivity contribution is 7.81. The van der Waals surface area contributed by atoms with Gasteiger partial charge in [-0.2, -0.15) is 0 Å². The summed E-state index contributed by atoms with van der Waals surface area (Å²) >= 11 is 8.72. The van der Waals surface area contributed by atoms with Gasteiger partial charge in [0, 0.05) is 9.79 Å². The van der Waals surface area contributed by atoms with Crippen molar-refractivity contribution in [2.24, 2.45) is 0 Å². The van der Waals surface area contributed by atoms with Gasteiger partial charge in [0.2, 0.25) is 0 Å². The molecule has 0 bridgehead atoms. The molecule has 1 aromatic carbocycles. The molecule has 0 aromatic heterocycles. The minimum absolute atomic E-state index is 0.490. The summed E-state index contributed by atoms with van der Waals surface area (Å²) in [5.41, 5.74) is 13.7. The standard InChI is InChI=1S/C10H16N2OS2/c1-3-5-9(14)6(11)8(13-4-2)7(12)10(5)15/h14-15H,3-4,11-12H2,1-2H3. The summed E-state index contributed by atoms with van der Waals surface area (Å²) in [4.78, 5) is 1.42. The van der Waals surface area contributed by atoms with Crippen LogP contribution in [0.25, 0.3) is 0 Å². The number of anilines is 2. The Morgan fingerprint density at radius 2 is 1.53 bits per heavy atom. The monoisotopic (exact) mass is 244 g/mol. The molecule has 0 aliphatic heterocycles. The SMILES string of the molecule is CCOc1c(N)c(S)c(CC)c(S)c1N. The quantitative estimate of drug-likeness (QED) is 0.488. The van der Waals surface area contributed by atoms with Crippen molar-refractivity contribution in [2.45, 2.75) is 30.1 Å². The third kappa shape index (κ3) is 2.13. The van der Waals surface area contributed by atoms with E-state index in [2.05, 4.69) is 25.3 Å². The molecular formula is C10H16N2OS2. The van der Waals surface area contributed by atoms with Gasteiger partial charge in [-0.3, -0.25) is 0 Å². The molecule has 84 valence electrons. The molecule has 1 rings (SSSR count). The Labute approximate surface area is 101 Å². The molecule has 0 saturated heterocycles. The summed E-state index contributed by atoms with van der Waals surface area (Å²) in [6.07, 6.45) is 0.790. The fourth-order valence-corrected chi connectivity index (χ4v) is 2.26. The van der Waals surface area contributed by atoms with Crippen molar-refractivity contribution in [3.63, 3.8) is 0 Å². The third-order valence-electron chi connectivity index (χ3n) is 2.21. The molecule has 5 heteroatoms. The highest BCUT2D eigenvalue weighted by Gasteiger charge is 2.17. The lowest BCUT2D eigenvalue weighted by atomic mass is 10.1. The predicted molar refractivity (Wildman–Crippen MR) is 70.3 cm³/mol. The number of benzene rings is 1. The Bertz CT molecular complexity index is 351. The molecule has 0 heterocycles. The van der Waals surface area contributed by atoms with Crippen molar-refractivity contribution in [3.05, 3.63) is 5.56 Å². The maximum absolute atomic E-state index is 5.90. The van der Waals surface area contributed by atoms with Crippen molar-refractivity contribution in [2.75, 3.05) is 18.1 Å². The van der Waals surface area contributed by atoms with Crippen LogP contribution in [0.2, 0.25) is 0 Å². The molecule has 0 atom stereocenters. The minimum atomic E-state index is 0.490. The first-order chi connectivity index (χ1) is 7.04. The maximum atomic E-state index is 5.90. The number of nitrogens with two attached hydrogens (primary N) is 2. The molecule has 0 saturated carbocycles. The van der Waals surface area contributed by atoms with Crippen LogP contribution in [0.4, 0.5) is 11.4 Å². The Balaban J connectivity index is 3.44. The highest BCUT2D eigenvalue weighted by Crippen LogP contribution is 2.42. The first-order valence-electron chi connectivity index (χ1n) is 4.79. The van der Waals surface area contributed by atoms with Crippen LogP contribution in [0.5, 0.6) is 5.75 Å². The van der Waals surface area contributed by atoms with Crippen LogP contribution in [0.1, 0.15) is 19.4 Å². The van der Waals surface area contributed by atoms with Gasteiger partial charge < -0.3 is 16.2 Å². The van der Waals surface area contributed by atoms with Gasteiger partial charge in [0.1, 0.15) is 0 Å². The number of hydrogen-bond acceptors (Lipinski definition) is 5. The summed E-state index contributed by atoms with van der Waals surface area (Å²) in [7, 11) is 0. The van der Waals surface area contributed by atoms with E-state index in [9.17, 15) is 0 Å². The first kappa shape index (κ1) is 12.4. The molecule has 0 aliphatic carbocycles. The van der Waals surface area contributed by atoms with E-state index in [1.807, 2.05) is 13.8 Å². The average Bonchev–Trinajstić information content (AvgIpc) is 2.23. The van der Waals surface area contributed by atoms with Crippen LogP contribution in [-0.2, 0) is 6.42 Å². The zero-order valence-corrected chi connectivity index (χ0v) is 10.7. The van der Waals surface area contributed by atoms with E-state index in [-0.39, 0.29) is 0 Å². The van der Waals surface area contributed by atoms with E-state index in [0.717, 1.165) is 12.0 Å². The maximum Gasteiger partial charge on any atom is 0.167 e. The zero-order valence-electron chi connectivity index (χ0n) is 8.87. The second kappa shape index (κ2) is 4.90. The Kier molecular flexibility index (Phi) is 4.04. The van der Waals surface area contributed by atoms with Gasteiger partial charge >= 0.3 is 0 Å². The van der Waals surface area contributed by atoms with E-state index in [0.29, 0.717) is 33.5 Å². The van der Waals surface area contributed by atoms with Gasteiger partial charge in [-0.1, -0.05) is 6.92 Å². The van der Waals surface area contributed by atoms with Crippen molar-refractivity contribution in [3.8, 4) is 5.75 Å². The summed E-state index contributed by atoms with van der Waals surface area (Å²) < 4.78 is 5.38. The van der Waals surface area contributed by atoms with Gasteiger partial charge in [-0.05, 0) is 18.9 Å². The minimum Gasteiger partial charge on any atom is -0.489 e. The number of nitrogen functional groups attached to an aromatic ring is 2. The normalized spacial score (nSPS) is 10.4. The van der Waals surface area contributed by atoms with Crippen molar-refractivity contribution in [1.82, 2.24) is 0 Å². The molecule has 0 fully saturated rings.